The molecule has 1 unspecified atom stereocenters. The van der Waals surface area contributed by atoms with Crippen molar-refractivity contribution in [2.75, 3.05) is 0 Å². The fourth-order valence-corrected chi connectivity index (χ4v) is 3.61. The SMILES string of the molecule is NCc1ccc2c(c1)Cc1ccccc1S2=O. The van der Waals surface area contributed by atoms with Gasteiger partial charge in [0.05, 0.1) is 10.8 Å². The van der Waals surface area contributed by atoms with E-state index in [0.717, 1.165) is 32.9 Å². The molecule has 2 nitrogen and oxygen atoms in total. The van der Waals surface area contributed by atoms with Crippen LogP contribution in [-0.4, -0.2) is 4.21 Å². The molecule has 2 aromatic rings. The molecule has 1 atom stereocenters. The van der Waals surface area contributed by atoms with Gasteiger partial charge in [0.25, 0.3) is 0 Å². The van der Waals surface area contributed by atoms with Crippen molar-refractivity contribution >= 4 is 10.8 Å². The number of rotatable bonds is 1. The normalized spacial score (nSPS) is 17.4. The number of fused-ring (bicyclic) bond motifs is 2. The first kappa shape index (κ1) is 10.7. The van der Waals surface area contributed by atoms with Crippen molar-refractivity contribution in [3.05, 3.63) is 59.2 Å². The Hall–Kier alpha value is -1.45. The van der Waals surface area contributed by atoms with Crippen LogP contribution in [0.15, 0.2) is 52.3 Å². The second-order valence-corrected chi connectivity index (χ2v) is 5.62. The van der Waals surface area contributed by atoms with Crippen LogP contribution < -0.4 is 5.73 Å². The Kier molecular flexibility index (Phi) is 2.57. The molecule has 2 N–H and O–H groups in total. The lowest BCUT2D eigenvalue weighted by Gasteiger charge is -2.19. The minimum absolute atomic E-state index is 0.529. The van der Waals surface area contributed by atoms with E-state index < -0.39 is 10.8 Å². The summed E-state index contributed by atoms with van der Waals surface area (Å²) in [6, 6.07) is 13.9. The van der Waals surface area contributed by atoms with E-state index in [-0.39, 0.29) is 0 Å². The van der Waals surface area contributed by atoms with Crippen LogP contribution >= 0.6 is 0 Å². The summed E-state index contributed by atoms with van der Waals surface area (Å²) < 4.78 is 12.4. The van der Waals surface area contributed by atoms with Crippen molar-refractivity contribution in [2.24, 2.45) is 5.73 Å². The highest BCUT2D eigenvalue weighted by molar-refractivity contribution is 7.85. The summed E-state index contributed by atoms with van der Waals surface area (Å²) in [5.41, 5.74) is 9.04. The molecule has 0 fully saturated rings. The zero-order chi connectivity index (χ0) is 11.8. The lowest BCUT2D eigenvalue weighted by atomic mass is 10.0. The highest BCUT2D eigenvalue weighted by atomic mass is 32.2. The molecule has 86 valence electrons. The molecule has 17 heavy (non-hydrogen) atoms. The summed E-state index contributed by atoms with van der Waals surface area (Å²) >= 11 is 0. The van der Waals surface area contributed by atoms with Gasteiger partial charge in [-0.25, -0.2) is 4.21 Å². The quantitative estimate of drug-likeness (QED) is 0.712. The van der Waals surface area contributed by atoms with E-state index in [1.54, 1.807) is 0 Å². The number of nitrogens with two attached hydrogens (primary N) is 1. The molecule has 0 bridgehead atoms. The molecule has 1 aliphatic rings. The van der Waals surface area contributed by atoms with Crippen LogP contribution in [-0.2, 0) is 23.8 Å². The van der Waals surface area contributed by atoms with Crippen LogP contribution in [0.3, 0.4) is 0 Å². The number of benzene rings is 2. The fraction of sp³-hybridized carbons (Fsp3) is 0.143. The molecule has 0 radical (unpaired) electrons. The van der Waals surface area contributed by atoms with Gasteiger partial charge in [-0.15, -0.1) is 0 Å². The third-order valence-corrected chi connectivity index (χ3v) is 4.71. The van der Waals surface area contributed by atoms with Gasteiger partial charge in [0.2, 0.25) is 0 Å². The predicted molar refractivity (Wildman–Crippen MR) is 68.3 cm³/mol. The molecule has 1 aliphatic heterocycles. The second kappa shape index (κ2) is 4.09. The van der Waals surface area contributed by atoms with E-state index in [2.05, 4.69) is 6.07 Å². The zero-order valence-corrected chi connectivity index (χ0v) is 10.2. The van der Waals surface area contributed by atoms with E-state index in [9.17, 15) is 4.21 Å². The van der Waals surface area contributed by atoms with E-state index in [1.807, 2.05) is 36.4 Å². The van der Waals surface area contributed by atoms with Gasteiger partial charge in [-0.2, -0.15) is 0 Å². The molecule has 0 saturated heterocycles. The third kappa shape index (κ3) is 1.72. The molecule has 0 aromatic heterocycles. The molecule has 0 aliphatic carbocycles. The van der Waals surface area contributed by atoms with Crippen molar-refractivity contribution in [3.8, 4) is 0 Å². The first-order chi connectivity index (χ1) is 8.29. The van der Waals surface area contributed by atoms with Crippen molar-refractivity contribution in [1.29, 1.82) is 0 Å². The smallest absolute Gasteiger partial charge is 0.0855 e. The van der Waals surface area contributed by atoms with Crippen LogP contribution in [0.1, 0.15) is 16.7 Å². The van der Waals surface area contributed by atoms with E-state index in [0.29, 0.717) is 6.54 Å². The highest BCUT2D eigenvalue weighted by Gasteiger charge is 2.21. The van der Waals surface area contributed by atoms with Crippen molar-refractivity contribution in [2.45, 2.75) is 22.8 Å². The van der Waals surface area contributed by atoms with Gasteiger partial charge >= 0.3 is 0 Å². The van der Waals surface area contributed by atoms with Crippen LogP contribution in [0, 0.1) is 0 Å². The topological polar surface area (TPSA) is 43.1 Å². The molecule has 3 rings (SSSR count). The Labute approximate surface area is 103 Å². The first-order valence-corrected chi connectivity index (χ1v) is 6.76. The summed E-state index contributed by atoms with van der Waals surface area (Å²) in [5, 5.41) is 0. The van der Waals surface area contributed by atoms with Crippen LogP contribution in [0.5, 0.6) is 0 Å². The zero-order valence-electron chi connectivity index (χ0n) is 9.35. The Morgan fingerprint density at radius 1 is 1.06 bits per heavy atom. The average molecular weight is 243 g/mol. The minimum Gasteiger partial charge on any atom is -0.326 e. The molecule has 0 amide bonds. The van der Waals surface area contributed by atoms with Gasteiger partial charge in [0, 0.05) is 16.3 Å². The summed E-state index contributed by atoms with van der Waals surface area (Å²) in [7, 11) is -1.04. The maximum atomic E-state index is 12.4. The van der Waals surface area contributed by atoms with Crippen LogP contribution in [0.4, 0.5) is 0 Å². The fourth-order valence-electron chi connectivity index (χ4n) is 2.23. The van der Waals surface area contributed by atoms with Crippen molar-refractivity contribution < 1.29 is 4.21 Å². The molecule has 2 aromatic carbocycles. The van der Waals surface area contributed by atoms with E-state index >= 15 is 0 Å². The standard InChI is InChI=1S/C14H13NOS/c15-9-10-5-6-14-12(7-10)8-11-3-1-2-4-13(11)17(14)16/h1-7H,8-9,15H2. The van der Waals surface area contributed by atoms with Crippen molar-refractivity contribution in [1.82, 2.24) is 0 Å². The minimum atomic E-state index is -1.04. The second-order valence-electron chi connectivity index (χ2n) is 4.20. The van der Waals surface area contributed by atoms with Crippen molar-refractivity contribution in [3.63, 3.8) is 0 Å². The third-order valence-electron chi connectivity index (χ3n) is 3.11. The largest absolute Gasteiger partial charge is 0.326 e. The first-order valence-electron chi connectivity index (χ1n) is 5.61. The molecule has 3 heteroatoms. The van der Waals surface area contributed by atoms with Crippen LogP contribution in [0.25, 0.3) is 0 Å². The average Bonchev–Trinajstić information content (AvgIpc) is 2.38. The summed E-state index contributed by atoms with van der Waals surface area (Å²) in [6.07, 6.45) is 0.852. The molecule has 1 heterocycles. The van der Waals surface area contributed by atoms with Gasteiger partial charge in [-0.1, -0.05) is 30.3 Å². The molecule has 0 spiro atoms. The maximum Gasteiger partial charge on any atom is 0.0855 e. The van der Waals surface area contributed by atoms with Gasteiger partial charge in [0.1, 0.15) is 0 Å². The number of hydrogen-bond donors (Lipinski definition) is 1. The Morgan fingerprint density at radius 3 is 2.65 bits per heavy atom. The molecular weight excluding hydrogens is 230 g/mol. The summed E-state index contributed by atoms with van der Waals surface area (Å²) in [4.78, 5) is 1.88. The van der Waals surface area contributed by atoms with Gasteiger partial charge < -0.3 is 5.73 Å². The molecular formula is C14H13NOS. The maximum absolute atomic E-state index is 12.4. The number of hydrogen-bond acceptors (Lipinski definition) is 2. The Bertz CT molecular complexity index is 607. The lowest BCUT2D eigenvalue weighted by Crippen LogP contribution is -2.10. The van der Waals surface area contributed by atoms with Crippen LogP contribution in [0.2, 0.25) is 0 Å². The van der Waals surface area contributed by atoms with Gasteiger partial charge in [-0.05, 0) is 35.2 Å². The van der Waals surface area contributed by atoms with E-state index in [4.69, 9.17) is 5.73 Å². The highest BCUT2D eigenvalue weighted by Crippen LogP contribution is 2.31. The van der Waals surface area contributed by atoms with E-state index in [1.165, 1.54) is 0 Å². The molecule has 0 saturated carbocycles. The van der Waals surface area contributed by atoms with Gasteiger partial charge in [0.15, 0.2) is 0 Å². The predicted octanol–water partition coefficient (Wildman–Crippen LogP) is 2.22. The van der Waals surface area contributed by atoms with Gasteiger partial charge in [-0.3, -0.25) is 0 Å². The lowest BCUT2D eigenvalue weighted by molar-refractivity contribution is 0.679. The monoisotopic (exact) mass is 243 g/mol. The summed E-state index contributed by atoms with van der Waals surface area (Å²) in [6.45, 7) is 0.529. The Balaban J connectivity index is 2.16. The summed E-state index contributed by atoms with van der Waals surface area (Å²) in [5.74, 6) is 0. The Morgan fingerprint density at radius 2 is 1.82 bits per heavy atom.